The SMILES string of the molecule is Cl.Cl.O=C(NCCNC1CCCCCC1)c1cc(F)cc2nccnc12. The number of carbonyl (C=O) groups is 1. The highest BCUT2D eigenvalue weighted by Gasteiger charge is 2.14. The van der Waals surface area contributed by atoms with Crippen LogP contribution in [0.3, 0.4) is 0 Å². The summed E-state index contributed by atoms with van der Waals surface area (Å²) >= 11 is 0. The van der Waals surface area contributed by atoms with E-state index in [0.29, 0.717) is 23.6 Å². The van der Waals surface area contributed by atoms with Crippen molar-refractivity contribution in [2.75, 3.05) is 13.1 Å². The second-order valence-electron chi connectivity index (χ2n) is 6.28. The summed E-state index contributed by atoms with van der Waals surface area (Å²) < 4.78 is 13.7. The van der Waals surface area contributed by atoms with Crippen molar-refractivity contribution in [1.82, 2.24) is 20.6 Å². The third-order valence-corrected chi connectivity index (χ3v) is 4.48. The zero-order valence-corrected chi connectivity index (χ0v) is 16.2. The van der Waals surface area contributed by atoms with Gasteiger partial charge in [0.1, 0.15) is 11.3 Å². The summed E-state index contributed by atoms with van der Waals surface area (Å²) in [5, 5.41) is 6.34. The molecule has 0 unspecified atom stereocenters. The van der Waals surface area contributed by atoms with E-state index < -0.39 is 5.82 Å². The van der Waals surface area contributed by atoms with Crippen LogP contribution in [0.4, 0.5) is 4.39 Å². The fourth-order valence-electron chi connectivity index (χ4n) is 3.24. The van der Waals surface area contributed by atoms with Crippen LogP contribution in [0.15, 0.2) is 24.5 Å². The van der Waals surface area contributed by atoms with E-state index in [1.807, 2.05) is 0 Å². The number of hydrogen-bond acceptors (Lipinski definition) is 4. The first-order chi connectivity index (χ1) is 11.7. The smallest absolute Gasteiger partial charge is 0.253 e. The van der Waals surface area contributed by atoms with E-state index in [0.717, 1.165) is 6.54 Å². The number of nitrogens with one attached hydrogen (secondary N) is 2. The molecule has 1 aromatic carbocycles. The standard InChI is InChI=1S/C18H23FN4O.2ClH/c19-13-11-15(17-16(12-13)21-8-9-22-17)18(24)23-10-7-20-14-5-3-1-2-4-6-14;;/h8-9,11-12,14,20H,1-7,10H2,(H,23,24);2*1H. The Morgan fingerprint density at radius 2 is 1.73 bits per heavy atom. The Balaban J connectivity index is 0.00000169. The molecule has 144 valence electrons. The lowest BCUT2D eigenvalue weighted by Crippen LogP contribution is -2.37. The Morgan fingerprint density at radius 1 is 1.04 bits per heavy atom. The minimum atomic E-state index is -0.482. The monoisotopic (exact) mass is 402 g/mol. The van der Waals surface area contributed by atoms with Crippen molar-refractivity contribution in [3.05, 3.63) is 35.9 Å². The Bertz CT molecular complexity index is 709. The zero-order valence-electron chi connectivity index (χ0n) is 14.5. The predicted octanol–water partition coefficient (Wildman–Crippen LogP) is 3.65. The quantitative estimate of drug-likeness (QED) is 0.591. The zero-order chi connectivity index (χ0) is 16.8. The minimum Gasteiger partial charge on any atom is -0.351 e. The maximum Gasteiger partial charge on any atom is 0.253 e. The van der Waals surface area contributed by atoms with Crippen molar-refractivity contribution in [2.45, 2.75) is 44.6 Å². The lowest BCUT2D eigenvalue weighted by molar-refractivity contribution is 0.0954. The van der Waals surface area contributed by atoms with Crippen LogP contribution >= 0.6 is 24.8 Å². The summed E-state index contributed by atoms with van der Waals surface area (Å²) in [4.78, 5) is 20.6. The number of fused-ring (bicyclic) bond motifs is 1. The van der Waals surface area contributed by atoms with E-state index in [2.05, 4.69) is 20.6 Å². The van der Waals surface area contributed by atoms with Crippen molar-refractivity contribution >= 4 is 41.8 Å². The highest BCUT2D eigenvalue weighted by molar-refractivity contribution is 6.04. The van der Waals surface area contributed by atoms with Gasteiger partial charge < -0.3 is 10.6 Å². The molecule has 1 aliphatic carbocycles. The van der Waals surface area contributed by atoms with Gasteiger partial charge in [0.25, 0.3) is 5.91 Å². The summed E-state index contributed by atoms with van der Waals surface area (Å²) in [5.41, 5.74) is 1.04. The van der Waals surface area contributed by atoms with Crippen LogP contribution in [0, 0.1) is 5.82 Å². The molecule has 2 N–H and O–H groups in total. The predicted molar refractivity (Wildman–Crippen MR) is 106 cm³/mol. The fourth-order valence-corrected chi connectivity index (χ4v) is 3.24. The van der Waals surface area contributed by atoms with Crippen LogP contribution in [-0.4, -0.2) is 35.0 Å². The van der Waals surface area contributed by atoms with Gasteiger partial charge in [-0.3, -0.25) is 14.8 Å². The molecule has 1 heterocycles. The second kappa shape index (κ2) is 11.3. The molecule has 0 aliphatic heterocycles. The van der Waals surface area contributed by atoms with Gasteiger partial charge in [-0.15, -0.1) is 24.8 Å². The molecule has 3 rings (SSSR count). The van der Waals surface area contributed by atoms with Crippen molar-refractivity contribution in [3.63, 3.8) is 0 Å². The summed E-state index contributed by atoms with van der Waals surface area (Å²) in [7, 11) is 0. The Labute approximate surface area is 165 Å². The fraction of sp³-hybridized carbons (Fsp3) is 0.500. The topological polar surface area (TPSA) is 66.9 Å². The van der Waals surface area contributed by atoms with Crippen molar-refractivity contribution in [2.24, 2.45) is 0 Å². The van der Waals surface area contributed by atoms with E-state index >= 15 is 0 Å². The molecule has 0 saturated heterocycles. The third-order valence-electron chi connectivity index (χ3n) is 4.48. The van der Waals surface area contributed by atoms with Gasteiger partial charge in [0.15, 0.2) is 0 Å². The van der Waals surface area contributed by atoms with E-state index in [9.17, 15) is 9.18 Å². The number of rotatable bonds is 5. The maximum absolute atomic E-state index is 13.7. The van der Waals surface area contributed by atoms with Gasteiger partial charge in [-0.1, -0.05) is 25.7 Å². The number of nitrogens with zero attached hydrogens (tertiary/aromatic N) is 2. The molecule has 1 amide bonds. The number of hydrogen-bond donors (Lipinski definition) is 2. The molecule has 2 aromatic rings. The van der Waals surface area contributed by atoms with Crippen LogP contribution in [0.1, 0.15) is 48.9 Å². The first kappa shape index (κ1) is 22.5. The Kier molecular flexibility index (Phi) is 9.76. The van der Waals surface area contributed by atoms with Crippen LogP contribution < -0.4 is 10.6 Å². The molecule has 1 saturated carbocycles. The van der Waals surface area contributed by atoms with Gasteiger partial charge in [-0.25, -0.2) is 4.39 Å². The van der Waals surface area contributed by atoms with Crippen molar-refractivity contribution < 1.29 is 9.18 Å². The average Bonchev–Trinajstić information content (AvgIpc) is 2.86. The number of aromatic nitrogens is 2. The second-order valence-corrected chi connectivity index (χ2v) is 6.28. The van der Waals surface area contributed by atoms with Crippen LogP contribution in [0.25, 0.3) is 11.0 Å². The maximum atomic E-state index is 13.7. The van der Waals surface area contributed by atoms with Gasteiger partial charge in [-0.05, 0) is 18.9 Å². The van der Waals surface area contributed by atoms with E-state index in [4.69, 9.17) is 0 Å². The molecule has 8 heteroatoms. The largest absolute Gasteiger partial charge is 0.351 e. The molecule has 0 atom stereocenters. The van der Waals surface area contributed by atoms with Crippen molar-refractivity contribution in [3.8, 4) is 0 Å². The van der Waals surface area contributed by atoms with Crippen LogP contribution in [-0.2, 0) is 0 Å². The molecule has 1 fully saturated rings. The third kappa shape index (κ3) is 6.04. The number of benzene rings is 1. The van der Waals surface area contributed by atoms with Crippen molar-refractivity contribution in [1.29, 1.82) is 0 Å². The summed E-state index contributed by atoms with van der Waals surface area (Å²) in [6, 6.07) is 3.04. The summed E-state index contributed by atoms with van der Waals surface area (Å²) in [6.07, 6.45) is 10.6. The molecular formula is C18H25Cl2FN4O. The first-order valence-electron chi connectivity index (χ1n) is 8.66. The highest BCUT2D eigenvalue weighted by atomic mass is 35.5. The lowest BCUT2D eigenvalue weighted by Gasteiger charge is -2.16. The molecule has 0 spiro atoms. The van der Waals surface area contributed by atoms with Crippen LogP contribution in [0.5, 0.6) is 0 Å². The van der Waals surface area contributed by atoms with E-state index in [-0.39, 0.29) is 36.3 Å². The Morgan fingerprint density at radius 3 is 2.46 bits per heavy atom. The summed E-state index contributed by atoms with van der Waals surface area (Å²) in [6.45, 7) is 1.23. The first-order valence-corrected chi connectivity index (χ1v) is 8.66. The van der Waals surface area contributed by atoms with E-state index in [1.165, 1.54) is 63.1 Å². The molecule has 5 nitrogen and oxygen atoms in total. The number of carbonyl (C=O) groups excluding carboxylic acids is 1. The number of amides is 1. The average molecular weight is 403 g/mol. The minimum absolute atomic E-state index is 0. The van der Waals surface area contributed by atoms with Gasteiger partial charge in [0.05, 0.1) is 11.1 Å². The van der Waals surface area contributed by atoms with Gasteiger partial charge in [0, 0.05) is 37.6 Å². The van der Waals surface area contributed by atoms with Crippen LogP contribution in [0.2, 0.25) is 0 Å². The molecule has 1 aliphatic rings. The summed E-state index contributed by atoms with van der Waals surface area (Å²) in [5.74, 6) is -0.799. The molecule has 26 heavy (non-hydrogen) atoms. The van der Waals surface area contributed by atoms with Gasteiger partial charge in [0.2, 0.25) is 0 Å². The highest BCUT2D eigenvalue weighted by Crippen LogP contribution is 2.17. The molecule has 0 bridgehead atoms. The Hall–Kier alpha value is -1.50. The molecule has 1 aromatic heterocycles. The van der Waals surface area contributed by atoms with E-state index in [1.54, 1.807) is 0 Å². The molecule has 0 radical (unpaired) electrons. The van der Waals surface area contributed by atoms with Gasteiger partial charge >= 0.3 is 0 Å². The van der Waals surface area contributed by atoms with Gasteiger partial charge in [-0.2, -0.15) is 0 Å². The number of halogens is 3. The normalized spacial score (nSPS) is 14.8. The molecular weight excluding hydrogens is 378 g/mol. The lowest BCUT2D eigenvalue weighted by atomic mass is 10.1.